The maximum Gasteiger partial charge on any atom is 0.143 e. The van der Waals surface area contributed by atoms with Crippen LogP contribution in [0.1, 0.15) is 25.3 Å². The van der Waals surface area contributed by atoms with E-state index in [0.29, 0.717) is 0 Å². The lowest BCUT2D eigenvalue weighted by atomic mass is 9.72. The number of aromatic amines is 1. The number of hydrogen-bond donors (Lipinski definition) is 3. The molecular weight excluding hydrogens is 276 g/mol. The predicted molar refractivity (Wildman–Crippen MR) is 87.8 cm³/mol. The fourth-order valence-electron chi connectivity index (χ4n) is 3.84. The molecule has 2 aromatic rings. The SMILES string of the molecule is CN[C@H]1CCC(Cc2c[nH]c3ccccc23)C(=O)[C@H]1C(C)O. The molecule has 0 amide bonds. The molecule has 1 aromatic heterocycles. The van der Waals surface area contributed by atoms with Crippen molar-refractivity contribution in [2.75, 3.05) is 7.05 Å². The molecule has 0 spiro atoms. The molecule has 22 heavy (non-hydrogen) atoms. The van der Waals surface area contributed by atoms with Gasteiger partial charge in [-0.3, -0.25) is 4.79 Å². The fraction of sp³-hybridized carbons (Fsp3) is 0.500. The van der Waals surface area contributed by atoms with Crippen LogP contribution in [-0.4, -0.2) is 35.1 Å². The lowest BCUT2D eigenvalue weighted by Gasteiger charge is -2.36. The predicted octanol–water partition coefficient (Wildman–Crippen LogP) is 2.27. The third-order valence-corrected chi connectivity index (χ3v) is 5.02. The van der Waals surface area contributed by atoms with Gasteiger partial charge in [-0.1, -0.05) is 18.2 Å². The molecule has 4 nitrogen and oxygen atoms in total. The Morgan fingerprint density at radius 3 is 2.86 bits per heavy atom. The summed E-state index contributed by atoms with van der Waals surface area (Å²) in [5, 5.41) is 14.4. The van der Waals surface area contributed by atoms with E-state index in [1.165, 1.54) is 10.9 Å². The molecule has 1 aliphatic carbocycles. The van der Waals surface area contributed by atoms with Gasteiger partial charge in [0.15, 0.2) is 0 Å². The van der Waals surface area contributed by atoms with Crippen molar-refractivity contribution in [1.82, 2.24) is 10.3 Å². The summed E-state index contributed by atoms with van der Waals surface area (Å²) in [5.74, 6) is -0.0942. The summed E-state index contributed by atoms with van der Waals surface area (Å²) in [6, 6.07) is 8.27. The van der Waals surface area contributed by atoms with Crippen molar-refractivity contribution < 1.29 is 9.90 Å². The Balaban J connectivity index is 1.82. The number of aliphatic hydroxyl groups excluding tert-OH is 1. The molecular formula is C18H24N2O2. The van der Waals surface area contributed by atoms with Crippen LogP contribution in [0.15, 0.2) is 30.5 Å². The van der Waals surface area contributed by atoms with Gasteiger partial charge < -0.3 is 15.4 Å². The van der Waals surface area contributed by atoms with Crippen LogP contribution >= 0.6 is 0 Å². The number of H-pyrrole nitrogens is 1. The highest BCUT2D eigenvalue weighted by molar-refractivity contribution is 5.87. The van der Waals surface area contributed by atoms with Crippen molar-refractivity contribution >= 4 is 16.7 Å². The lowest BCUT2D eigenvalue weighted by Crippen LogP contribution is -2.50. The molecule has 2 unspecified atom stereocenters. The summed E-state index contributed by atoms with van der Waals surface area (Å²) < 4.78 is 0. The Bertz CT molecular complexity index is 662. The van der Waals surface area contributed by atoms with Crippen LogP contribution in [0.2, 0.25) is 0 Å². The number of nitrogens with one attached hydrogen (secondary N) is 2. The molecule has 1 heterocycles. The van der Waals surface area contributed by atoms with Crippen molar-refractivity contribution in [3.05, 3.63) is 36.0 Å². The van der Waals surface area contributed by atoms with Crippen molar-refractivity contribution in [2.45, 2.75) is 38.3 Å². The molecule has 0 bridgehead atoms. The first-order chi connectivity index (χ1) is 10.6. The van der Waals surface area contributed by atoms with E-state index in [9.17, 15) is 9.90 Å². The van der Waals surface area contributed by atoms with Gasteiger partial charge >= 0.3 is 0 Å². The monoisotopic (exact) mass is 300 g/mol. The molecule has 0 aliphatic heterocycles. The highest BCUT2D eigenvalue weighted by Gasteiger charge is 2.40. The molecule has 3 rings (SSSR count). The smallest absolute Gasteiger partial charge is 0.143 e. The van der Waals surface area contributed by atoms with Crippen LogP contribution in [0.4, 0.5) is 0 Å². The average Bonchev–Trinajstić information content (AvgIpc) is 2.92. The molecule has 1 aromatic carbocycles. The maximum atomic E-state index is 12.8. The van der Waals surface area contributed by atoms with Gasteiger partial charge in [-0.25, -0.2) is 0 Å². The van der Waals surface area contributed by atoms with Crippen LogP contribution in [0.5, 0.6) is 0 Å². The number of para-hydroxylation sites is 1. The van der Waals surface area contributed by atoms with E-state index in [-0.39, 0.29) is 23.7 Å². The second-order valence-electron chi connectivity index (χ2n) is 6.40. The van der Waals surface area contributed by atoms with Gasteiger partial charge in [0.1, 0.15) is 5.78 Å². The lowest BCUT2D eigenvalue weighted by molar-refractivity contribution is -0.134. The molecule has 4 atom stereocenters. The Morgan fingerprint density at radius 2 is 2.14 bits per heavy atom. The van der Waals surface area contributed by atoms with E-state index in [4.69, 9.17) is 0 Å². The quantitative estimate of drug-likeness (QED) is 0.811. The maximum absolute atomic E-state index is 12.8. The summed E-state index contributed by atoms with van der Waals surface area (Å²) in [5.41, 5.74) is 2.31. The van der Waals surface area contributed by atoms with Gasteiger partial charge in [-0.15, -0.1) is 0 Å². The Morgan fingerprint density at radius 1 is 1.36 bits per heavy atom. The Labute approximate surface area is 130 Å². The third kappa shape index (κ3) is 2.69. The largest absolute Gasteiger partial charge is 0.393 e. The van der Waals surface area contributed by atoms with Gasteiger partial charge in [-0.2, -0.15) is 0 Å². The van der Waals surface area contributed by atoms with E-state index >= 15 is 0 Å². The van der Waals surface area contributed by atoms with Gasteiger partial charge in [0.05, 0.1) is 12.0 Å². The zero-order valence-corrected chi connectivity index (χ0v) is 13.2. The molecule has 1 saturated carbocycles. The topological polar surface area (TPSA) is 65.1 Å². The number of aliphatic hydroxyl groups is 1. The molecule has 3 N–H and O–H groups in total. The number of carbonyl (C=O) groups is 1. The summed E-state index contributed by atoms with van der Waals surface area (Å²) >= 11 is 0. The number of fused-ring (bicyclic) bond motifs is 1. The molecule has 4 heteroatoms. The Hall–Kier alpha value is -1.65. The van der Waals surface area contributed by atoms with Crippen LogP contribution < -0.4 is 5.32 Å². The molecule has 0 saturated heterocycles. The fourth-order valence-corrected chi connectivity index (χ4v) is 3.84. The molecule has 1 fully saturated rings. The standard InChI is InChI=1S/C18H24N2O2/c1-11(21)17-16(19-2)8-7-12(18(17)22)9-13-10-20-15-6-4-3-5-14(13)15/h3-6,10-12,16-17,19-21H,7-9H2,1-2H3/t11?,12?,16-,17-/m0/s1. The molecule has 0 radical (unpaired) electrons. The first-order valence-electron chi connectivity index (χ1n) is 8.06. The first-order valence-corrected chi connectivity index (χ1v) is 8.06. The zero-order chi connectivity index (χ0) is 15.7. The number of carbonyl (C=O) groups excluding carboxylic acids is 1. The number of hydrogen-bond acceptors (Lipinski definition) is 3. The van der Waals surface area contributed by atoms with Crippen LogP contribution in [0, 0.1) is 11.8 Å². The van der Waals surface area contributed by atoms with E-state index in [1.54, 1.807) is 6.92 Å². The minimum Gasteiger partial charge on any atom is -0.393 e. The van der Waals surface area contributed by atoms with Gasteiger partial charge in [-0.05, 0) is 44.9 Å². The normalized spacial score (nSPS) is 27.2. The molecule has 118 valence electrons. The Kier molecular flexibility index (Phi) is 4.32. The van der Waals surface area contributed by atoms with E-state index < -0.39 is 6.10 Å². The number of Topliss-reactive ketones (excluding diaryl/α,β-unsaturated/α-hetero) is 1. The van der Waals surface area contributed by atoms with Crippen LogP contribution in [-0.2, 0) is 11.2 Å². The van der Waals surface area contributed by atoms with Crippen LogP contribution in [0.25, 0.3) is 10.9 Å². The summed E-state index contributed by atoms with van der Waals surface area (Å²) in [4.78, 5) is 16.1. The third-order valence-electron chi connectivity index (χ3n) is 5.02. The van der Waals surface area contributed by atoms with Gasteiger partial charge in [0.25, 0.3) is 0 Å². The summed E-state index contributed by atoms with van der Waals surface area (Å²) in [6.07, 6.45) is 3.98. The highest BCUT2D eigenvalue weighted by atomic mass is 16.3. The van der Waals surface area contributed by atoms with Crippen molar-refractivity contribution in [3.63, 3.8) is 0 Å². The highest BCUT2D eigenvalue weighted by Crippen LogP contribution is 2.32. The van der Waals surface area contributed by atoms with Gasteiger partial charge in [0.2, 0.25) is 0 Å². The van der Waals surface area contributed by atoms with Crippen molar-refractivity contribution in [2.24, 2.45) is 11.8 Å². The van der Waals surface area contributed by atoms with E-state index in [0.717, 1.165) is 24.8 Å². The van der Waals surface area contributed by atoms with Crippen molar-refractivity contribution in [3.8, 4) is 0 Å². The zero-order valence-electron chi connectivity index (χ0n) is 13.2. The summed E-state index contributed by atoms with van der Waals surface area (Å²) in [7, 11) is 1.87. The molecule has 1 aliphatic rings. The van der Waals surface area contributed by atoms with Crippen LogP contribution in [0.3, 0.4) is 0 Å². The van der Waals surface area contributed by atoms with Gasteiger partial charge in [0, 0.05) is 29.1 Å². The van der Waals surface area contributed by atoms with E-state index in [2.05, 4.69) is 22.4 Å². The minimum absolute atomic E-state index is 0.00315. The number of ketones is 1. The van der Waals surface area contributed by atoms with E-state index in [1.807, 2.05) is 25.4 Å². The second kappa shape index (κ2) is 6.23. The number of rotatable bonds is 4. The van der Waals surface area contributed by atoms with Crippen molar-refractivity contribution in [1.29, 1.82) is 0 Å². The average molecular weight is 300 g/mol. The second-order valence-corrected chi connectivity index (χ2v) is 6.40. The summed E-state index contributed by atoms with van der Waals surface area (Å²) in [6.45, 7) is 1.72. The minimum atomic E-state index is -0.601. The number of benzene rings is 1. The first kappa shape index (κ1) is 15.3. The number of aromatic nitrogens is 1.